The molecule has 0 spiro atoms. The van der Waals surface area contributed by atoms with Crippen LogP contribution in [0.5, 0.6) is 0 Å². The highest BCUT2D eigenvalue weighted by Gasteiger charge is 2.18. The van der Waals surface area contributed by atoms with Gasteiger partial charge >= 0.3 is 5.97 Å². The molecule has 0 fully saturated rings. The highest BCUT2D eigenvalue weighted by atomic mass is 16.6. The number of esters is 1. The molecule has 0 aliphatic heterocycles. The molecule has 0 aliphatic rings. The summed E-state index contributed by atoms with van der Waals surface area (Å²) in [6.45, 7) is 12.8. The van der Waals surface area contributed by atoms with Crippen molar-refractivity contribution in [2.75, 3.05) is 13.6 Å². The Balaban J connectivity index is 3.94. The van der Waals surface area contributed by atoms with Gasteiger partial charge in [-0.15, -0.1) is 0 Å². The van der Waals surface area contributed by atoms with Crippen LogP contribution in [0.4, 0.5) is 0 Å². The standard InChI is InChI=1S/C16H31NO3/c1-15(2,3)11-8-12-17(7)13(18)9-10-14(19)20-16(4,5)6/h8-12H2,1-7H3. The Hall–Kier alpha value is -1.06. The van der Waals surface area contributed by atoms with Gasteiger partial charge in [0.05, 0.1) is 6.42 Å². The molecular weight excluding hydrogens is 254 g/mol. The summed E-state index contributed by atoms with van der Waals surface area (Å²) in [4.78, 5) is 25.1. The summed E-state index contributed by atoms with van der Waals surface area (Å²) in [5.74, 6) is -0.307. The van der Waals surface area contributed by atoms with E-state index in [0.717, 1.165) is 19.4 Å². The summed E-state index contributed by atoms with van der Waals surface area (Å²) >= 11 is 0. The molecule has 0 rings (SSSR count). The van der Waals surface area contributed by atoms with E-state index in [0.29, 0.717) is 5.41 Å². The molecule has 0 unspecified atom stereocenters. The molecule has 0 N–H and O–H groups in total. The first-order valence-corrected chi connectivity index (χ1v) is 7.36. The lowest BCUT2D eigenvalue weighted by Crippen LogP contribution is -2.30. The predicted octanol–water partition coefficient (Wildman–Crippen LogP) is 3.39. The van der Waals surface area contributed by atoms with Gasteiger partial charge < -0.3 is 9.64 Å². The fourth-order valence-electron chi connectivity index (χ4n) is 1.76. The second-order valence-corrected chi connectivity index (χ2v) is 7.57. The molecule has 0 aromatic heterocycles. The van der Waals surface area contributed by atoms with Crippen LogP contribution in [0, 0.1) is 5.41 Å². The minimum absolute atomic E-state index is 0.00442. The lowest BCUT2D eigenvalue weighted by molar-refractivity contribution is -0.156. The Morgan fingerprint density at radius 1 is 1.00 bits per heavy atom. The van der Waals surface area contributed by atoms with Gasteiger partial charge in [0.1, 0.15) is 5.60 Å². The number of nitrogens with zero attached hydrogens (tertiary/aromatic N) is 1. The molecule has 4 nitrogen and oxygen atoms in total. The number of carbonyl (C=O) groups excluding carboxylic acids is 2. The molecule has 0 bridgehead atoms. The molecule has 4 heteroatoms. The zero-order valence-corrected chi connectivity index (χ0v) is 14.2. The van der Waals surface area contributed by atoms with Crippen molar-refractivity contribution in [2.45, 2.75) is 72.8 Å². The van der Waals surface area contributed by atoms with E-state index in [4.69, 9.17) is 4.74 Å². The number of rotatable bonds is 6. The summed E-state index contributed by atoms with van der Waals surface area (Å²) in [7, 11) is 1.79. The number of carbonyl (C=O) groups is 2. The molecule has 0 saturated heterocycles. The normalized spacial score (nSPS) is 12.2. The fraction of sp³-hybridized carbons (Fsp3) is 0.875. The van der Waals surface area contributed by atoms with E-state index in [1.54, 1.807) is 11.9 Å². The van der Waals surface area contributed by atoms with Crippen LogP contribution in [0.1, 0.15) is 67.2 Å². The van der Waals surface area contributed by atoms with E-state index < -0.39 is 5.60 Å². The molecule has 0 aliphatic carbocycles. The highest BCUT2D eigenvalue weighted by molar-refractivity contribution is 5.81. The maximum atomic E-state index is 11.9. The van der Waals surface area contributed by atoms with Gasteiger partial charge in [-0.1, -0.05) is 20.8 Å². The van der Waals surface area contributed by atoms with Crippen LogP contribution >= 0.6 is 0 Å². The smallest absolute Gasteiger partial charge is 0.306 e. The lowest BCUT2D eigenvalue weighted by Gasteiger charge is -2.22. The quantitative estimate of drug-likeness (QED) is 0.703. The molecule has 0 aromatic carbocycles. The van der Waals surface area contributed by atoms with Crippen molar-refractivity contribution in [3.63, 3.8) is 0 Å². The number of hydrogen-bond acceptors (Lipinski definition) is 3. The van der Waals surface area contributed by atoms with Gasteiger partial charge in [-0.05, 0) is 39.0 Å². The van der Waals surface area contributed by atoms with E-state index in [1.165, 1.54) is 0 Å². The second kappa shape index (κ2) is 7.65. The topological polar surface area (TPSA) is 46.6 Å². The van der Waals surface area contributed by atoms with Crippen molar-refractivity contribution < 1.29 is 14.3 Å². The van der Waals surface area contributed by atoms with Gasteiger partial charge in [-0.2, -0.15) is 0 Å². The highest BCUT2D eigenvalue weighted by Crippen LogP contribution is 2.20. The third-order valence-corrected chi connectivity index (χ3v) is 2.81. The van der Waals surface area contributed by atoms with Gasteiger partial charge in [0.25, 0.3) is 0 Å². The number of hydrogen-bond donors (Lipinski definition) is 0. The van der Waals surface area contributed by atoms with E-state index in [2.05, 4.69) is 20.8 Å². The second-order valence-electron chi connectivity index (χ2n) is 7.57. The van der Waals surface area contributed by atoms with Gasteiger partial charge in [-0.3, -0.25) is 9.59 Å². The minimum atomic E-state index is -0.487. The number of ether oxygens (including phenoxy) is 1. The SMILES string of the molecule is CN(CCCC(C)(C)C)C(=O)CCC(=O)OC(C)(C)C. The van der Waals surface area contributed by atoms with Gasteiger partial charge in [-0.25, -0.2) is 0 Å². The Morgan fingerprint density at radius 2 is 1.55 bits per heavy atom. The molecule has 0 radical (unpaired) electrons. The average Bonchev–Trinajstić information content (AvgIpc) is 2.21. The summed E-state index contributed by atoms with van der Waals surface area (Å²) in [5.41, 5.74) is -0.195. The molecule has 0 heterocycles. The molecular formula is C16H31NO3. The number of amides is 1. The van der Waals surface area contributed by atoms with Crippen molar-refractivity contribution >= 4 is 11.9 Å². The molecule has 20 heavy (non-hydrogen) atoms. The minimum Gasteiger partial charge on any atom is -0.460 e. The van der Waals surface area contributed by atoms with E-state index in [1.807, 2.05) is 20.8 Å². The first-order chi connectivity index (χ1) is 8.91. The summed E-state index contributed by atoms with van der Waals surface area (Å²) in [6, 6.07) is 0. The Morgan fingerprint density at radius 3 is 2.00 bits per heavy atom. The van der Waals surface area contributed by atoms with E-state index in [9.17, 15) is 9.59 Å². The molecule has 0 atom stereocenters. The Bertz CT molecular complexity index is 324. The van der Waals surface area contributed by atoms with Crippen LogP contribution in [0.25, 0.3) is 0 Å². The van der Waals surface area contributed by atoms with Crippen LogP contribution < -0.4 is 0 Å². The van der Waals surface area contributed by atoms with E-state index in [-0.39, 0.29) is 24.7 Å². The maximum absolute atomic E-state index is 11.9. The van der Waals surface area contributed by atoms with Crippen molar-refractivity contribution in [3.05, 3.63) is 0 Å². The third-order valence-electron chi connectivity index (χ3n) is 2.81. The van der Waals surface area contributed by atoms with Gasteiger partial charge in [0.2, 0.25) is 5.91 Å². The van der Waals surface area contributed by atoms with Crippen molar-refractivity contribution in [1.82, 2.24) is 4.90 Å². The first-order valence-electron chi connectivity index (χ1n) is 7.36. The van der Waals surface area contributed by atoms with Crippen molar-refractivity contribution in [1.29, 1.82) is 0 Å². The van der Waals surface area contributed by atoms with Crippen LogP contribution in [-0.2, 0) is 14.3 Å². The Labute approximate surface area is 123 Å². The predicted molar refractivity (Wildman–Crippen MR) is 81.4 cm³/mol. The lowest BCUT2D eigenvalue weighted by atomic mass is 9.90. The van der Waals surface area contributed by atoms with E-state index >= 15 is 0 Å². The van der Waals surface area contributed by atoms with Crippen LogP contribution in [-0.4, -0.2) is 36.0 Å². The maximum Gasteiger partial charge on any atom is 0.306 e. The zero-order chi connectivity index (χ0) is 16.0. The van der Waals surface area contributed by atoms with Crippen LogP contribution in [0.2, 0.25) is 0 Å². The van der Waals surface area contributed by atoms with Crippen molar-refractivity contribution in [3.8, 4) is 0 Å². The van der Waals surface area contributed by atoms with Crippen LogP contribution in [0.15, 0.2) is 0 Å². The summed E-state index contributed by atoms with van der Waals surface area (Å²) < 4.78 is 5.18. The summed E-state index contributed by atoms with van der Waals surface area (Å²) in [6.07, 6.45) is 2.44. The first kappa shape index (κ1) is 18.9. The monoisotopic (exact) mass is 285 g/mol. The Kier molecular flexibility index (Phi) is 7.25. The van der Waals surface area contributed by atoms with Crippen molar-refractivity contribution in [2.24, 2.45) is 5.41 Å². The fourth-order valence-corrected chi connectivity index (χ4v) is 1.76. The zero-order valence-electron chi connectivity index (χ0n) is 14.2. The van der Waals surface area contributed by atoms with Gasteiger partial charge in [0.15, 0.2) is 0 Å². The summed E-state index contributed by atoms with van der Waals surface area (Å²) in [5, 5.41) is 0. The molecule has 1 amide bonds. The van der Waals surface area contributed by atoms with Gasteiger partial charge in [0, 0.05) is 20.0 Å². The largest absolute Gasteiger partial charge is 0.460 e. The molecule has 0 aromatic rings. The molecule has 0 saturated carbocycles. The van der Waals surface area contributed by atoms with Crippen LogP contribution in [0.3, 0.4) is 0 Å². The third kappa shape index (κ3) is 10.8. The molecule has 118 valence electrons. The average molecular weight is 285 g/mol.